The predicted molar refractivity (Wildman–Crippen MR) is 129 cm³/mol. The Morgan fingerprint density at radius 2 is 0.969 bits per heavy atom. The fourth-order valence-corrected chi connectivity index (χ4v) is 4.54. The predicted octanol–water partition coefficient (Wildman–Crippen LogP) is 6.22. The minimum Gasteiger partial charge on any atom is -0.456 e. The highest BCUT2D eigenvalue weighted by molar-refractivity contribution is 7.85. The molecule has 32 heavy (non-hydrogen) atoms. The van der Waals surface area contributed by atoms with E-state index in [1.807, 2.05) is 50.2 Å². The molecule has 162 valence electrons. The number of hydrogen-bond acceptors (Lipinski definition) is 5. The van der Waals surface area contributed by atoms with E-state index < -0.39 is 10.8 Å². The van der Waals surface area contributed by atoms with E-state index in [-0.39, 0.29) is 0 Å². The number of nitrogen functional groups attached to an aromatic ring is 2. The zero-order valence-electron chi connectivity index (χ0n) is 17.9. The van der Waals surface area contributed by atoms with Gasteiger partial charge in [0, 0.05) is 11.4 Å². The van der Waals surface area contributed by atoms with Crippen LogP contribution in [0.15, 0.2) is 94.7 Å². The summed E-state index contributed by atoms with van der Waals surface area (Å²) in [7, 11) is -1.55. The summed E-state index contributed by atoms with van der Waals surface area (Å²) in [5, 5.41) is 0. The molecule has 0 heterocycles. The van der Waals surface area contributed by atoms with Gasteiger partial charge in [0.2, 0.25) is 0 Å². The Balaban J connectivity index is 1.72. The lowest BCUT2D eigenvalue weighted by Gasteiger charge is -2.15. The molecular formula is C26H24N2O3S. The number of hydrogen-bond donors (Lipinski definition) is 2. The Labute approximate surface area is 190 Å². The van der Waals surface area contributed by atoms with Gasteiger partial charge >= 0.3 is 0 Å². The van der Waals surface area contributed by atoms with E-state index in [0.29, 0.717) is 44.2 Å². The summed E-state index contributed by atoms with van der Waals surface area (Å²) in [6, 6.07) is 25.4. The molecular weight excluding hydrogens is 420 g/mol. The maximum Gasteiger partial charge on any atom is 0.143 e. The first-order valence-corrected chi connectivity index (χ1v) is 11.2. The molecule has 6 heteroatoms. The largest absolute Gasteiger partial charge is 0.456 e. The van der Waals surface area contributed by atoms with Crippen LogP contribution in [-0.2, 0) is 10.8 Å². The van der Waals surface area contributed by atoms with E-state index in [2.05, 4.69) is 0 Å². The molecule has 0 radical (unpaired) electrons. The molecule has 4 aromatic rings. The van der Waals surface area contributed by atoms with Gasteiger partial charge < -0.3 is 20.9 Å². The van der Waals surface area contributed by atoms with E-state index in [4.69, 9.17) is 20.9 Å². The zero-order valence-corrected chi connectivity index (χ0v) is 18.7. The van der Waals surface area contributed by atoms with E-state index in [1.54, 1.807) is 48.5 Å². The number of rotatable bonds is 6. The van der Waals surface area contributed by atoms with Gasteiger partial charge in [0.05, 0.1) is 20.6 Å². The molecule has 4 aromatic carbocycles. The van der Waals surface area contributed by atoms with Crippen molar-refractivity contribution in [2.24, 2.45) is 0 Å². The van der Waals surface area contributed by atoms with Crippen LogP contribution in [0.4, 0.5) is 11.4 Å². The molecule has 5 nitrogen and oxygen atoms in total. The first kappa shape index (κ1) is 21.5. The fourth-order valence-electron chi connectivity index (χ4n) is 3.13. The molecule has 4 N–H and O–H groups in total. The molecule has 0 fully saturated rings. The van der Waals surface area contributed by atoms with Crippen LogP contribution < -0.4 is 20.9 Å². The lowest BCUT2D eigenvalue weighted by Crippen LogP contribution is -2.01. The van der Waals surface area contributed by atoms with Crippen LogP contribution in [-0.4, -0.2) is 4.21 Å². The van der Waals surface area contributed by atoms with E-state index in [0.717, 1.165) is 11.1 Å². The average Bonchev–Trinajstić information content (AvgIpc) is 2.78. The molecule has 0 aliphatic heterocycles. The van der Waals surface area contributed by atoms with Gasteiger partial charge in [0.25, 0.3) is 0 Å². The first-order valence-electron chi connectivity index (χ1n) is 10.1. The van der Waals surface area contributed by atoms with Crippen molar-refractivity contribution in [2.75, 3.05) is 11.5 Å². The zero-order chi connectivity index (χ0) is 22.7. The molecule has 0 amide bonds. The SMILES string of the molecule is Cc1ccc(Oc2ccc(N)cc2)c(S(=O)c2cc(C)ccc2Oc2ccc(N)cc2)c1. The van der Waals surface area contributed by atoms with Crippen LogP contribution in [0.2, 0.25) is 0 Å². The number of ether oxygens (including phenoxy) is 2. The fraction of sp³-hybridized carbons (Fsp3) is 0.0769. The van der Waals surface area contributed by atoms with Gasteiger partial charge in [0.15, 0.2) is 0 Å². The molecule has 0 bridgehead atoms. The lowest BCUT2D eigenvalue weighted by molar-refractivity contribution is 0.466. The highest BCUT2D eigenvalue weighted by atomic mass is 32.2. The Bertz CT molecular complexity index is 1170. The van der Waals surface area contributed by atoms with E-state index >= 15 is 0 Å². The van der Waals surface area contributed by atoms with Crippen molar-refractivity contribution in [1.82, 2.24) is 0 Å². The topological polar surface area (TPSA) is 87.6 Å². The Morgan fingerprint density at radius 3 is 1.34 bits per heavy atom. The number of aryl methyl sites for hydroxylation is 2. The molecule has 0 aliphatic rings. The highest BCUT2D eigenvalue weighted by Gasteiger charge is 2.19. The molecule has 0 saturated heterocycles. The average molecular weight is 445 g/mol. The summed E-state index contributed by atoms with van der Waals surface area (Å²) >= 11 is 0. The summed E-state index contributed by atoms with van der Waals surface area (Å²) in [4.78, 5) is 1.13. The molecule has 4 rings (SSSR count). The molecule has 0 saturated carbocycles. The second-order valence-electron chi connectivity index (χ2n) is 7.51. The third-order valence-corrected chi connectivity index (χ3v) is 6.25. The van der Waals surface area contributed by atoms with Gasteiger partial charge in [0.1, 0.15) is 23.0 Å². The molecule has 0 aliphatic carbocycles. The van der Waals surface area contributed by atoms with Crippen molar-refractivity contribution in [3.63, 3.8) is 0 Å². The normalized spacial score (nSPS) is 10.8. The van der Waals surface area contributed by atoms with Gasteiger partial charge in [-0.2, -0.15) is 0 Å². The Kier molecular flexibility index (Phi) is 6.14. The maximum absolute atomic E-state index is 13.8. The van der Waals surface area contributed by atoms with Crippen LogP contribution >= 0.6 is 0 Å². The van der Waals surface area contributed by atoms with Gasteiger partial charge in [-0.3, -0.25) is 0 Å². The third-order valence-electron chi connectivity index (χ3n) is 4.81. The van der Waals surface area contributed by atoms with Crippen molar-refractivity contribution in [3.05, 3.63) is 96.1 Å². The second-order valence-corrected chi connectivity index (χ2v) is 8.93. The van der Waals surface area contributed by atoms with Crippen molar-refractivity contribution in [2.45, 2.75) is 23.6 Å². The van der Waals surface area contributed by atoms with Crippen LogP contribution in [0.3, 0.4) is 0 Å². The van der Waals surface area contributed by atoms with Crippen molar-refractivity contribution in [1.29, 1.82) is 0 Å². The summed E-state index contributed by atoms with van der Waals surface area (Å²) in [6.07, 6.45) is 0. The summed E-state index contributed by atoms with van der Waals surface area (Å²) < 4.78 is 25.9. The monoisotopic (exact) mass is 444 g/mol. The van der Waals surface area contributed by atoms with Crippen molar-refractivity contribution >= 4 is 22.2 Å². The number of nitrogens with two attached hydrogens (primary N) is 2. The molecule has 0 unspecified atom stereocenters. The lowest BCUT2D eigenvalue weighted by atomic mass is 10.2. The minimum absolute atomic E-state index is 0.513. The van der Waals surface area contributed by atoms with Crippen LogP contribution in [0.5, 0.6) is 23.0 Å². The second kappa shape index (κ2) is 9.16. The summed E-state index contributed by atoms with van der Waals surface area (Å²) in [6.45, 7) is 3.91. The number of benzene rings is 4. The maximum atomic E-state index is 13.8. The smallest absolute Gasteiger partial charge is 0.143 e. The van der Waals surface area contributed by atoms with Crippen LogP contribution in [0.25, 0.3) is 0 Å². The molecule has 0 spiro atoms. The van der Waals surface area contributed by atoms with E-state index in [1.165, 1.54) is 0 Å². The molecule has 0 aromatic heterocycles. The third kappa shape index (κ3) is 4.92. The van der Waals surface area contributed by atoms with Gasteiger partial charge in [-0.1, -0.05) is 12.1 Å². The van der Waals surface area contributed by atoms with E-state index in [9.17, 15) is 4.21 Å². The van der Waals surface area contributed by atoms with Crippen LogP contribution in [0.1, 0.15) is 11.1 Å². The summed E-state index contributed by atoms with van der Waals surface area (Å²) in [5.74, 6) is 2.25. The van der Waals surface area contributed by atoms with Crippen molar-refractivity contribution < 1.29 is 13.7 Å². The van der Waals surface area contributed by atoms with Gasteiger partial charge in [-0.05, 0) is 97.8 Å². The quantitative estimate of drug-likeness (QED) is 0.345. The number of anilines is 2. The van der Waals surface area contributed by atoms with Gasteiger partial charge in [-0.15, -0.1) is 0 Å². The summed E-state index contributed by atoms with van der Waals surface area (Å²) in [5.41, 5.74) is 14.8. The highest BCUT2D eigenvalue weighted by Crippen LogP contribution is 2.36. The first-order chi connectivity index (χ1) is 15.4. The Morgan fingerprint density at radius 1 is 0.594 bits per heavy atom. The van der Waals surface area contributed by atoms with Crippen LogP contribution in [0, 0.1) is 13.8 Å². The molecule has 0 atom stereocenters. The van der Waals surface area contributed by atoms with Crippen molar-refractivity contribution in [3.8, 4) is 23.0 Å². The standard InChI is InChI=1S/C26H24N2O3S/c1-17-3-13-23(30-21-9-5-19(27)6-10-21)25(15-17)32(29)26-16-18(2)4-14-24(26)31-22-11-7-20(28)8-12-22/h3-16H,27-28H2,1-2H3. The Hall–Kier alpha value is -3.77. The van der Waals surface area contributed by atoms with Gasteiger partial charge in [-0.25, -0.2) is 4.21 Å². The minimum atomic E-state index is -1.55.